The molecule has 4 aliphatic rings. The van der Waals surface area contributed by atoms with Gasteiger partial charge in [0.25, 0.3) is 0 Å². The van der Waals surface area contributed by atoms with Crippen LogP contribution >= 0.6 is 11.6 Å². The quantitative estimate of drug-likeness (QED) is 0.708. The number of carbonyl (C=O) groups is 2. The normalized spacial score (nSPS) is 27.7. The number of carbonyl (C=O) groups excluding carboxylic acids is 2. The summed E-state index contributed by atoms with van der Waals surface area (Å²) >= 11 is 6.11. The SMILES string of the molecule is N#CC1=C(N)O[C@@]23c4ccccc4C(=O)[C@@]12C1=C(CCCC1=O)N3c1ccc(F)c(Cl)c1. The maximum absolute atomic E-state index is 14.1. The number of nitrogens with two attached hydrogens (primary N) is 1. The van der Waals surface area contributed by atoms with E-state index in [9.17, 15) is 19.2 Å². The zero-order valence-corrected chi connectivity index (χ0v) is 17.4. The van der Waals surface area contributed by atoms with E-state index in [4.69, 9.17) is 22.1 Å². The highest BCUT2D eigenvalue weighted by Gasteiger charge is 2.81. The van der Waals surface area contributed by atoms with Gasteiger partial charge in [0.2, 0.25) is 11.6 Å². The standard InChI is InChI=1S/C24H15ClFN3O3/c25-16-10-12(8-9-17(16)26)29-18-6-3-7-19(30)20(18)23-15(11-27)22(28)32-24(23,29)14-5-2-1-4-13(14)21(23)31/h1-2,4-5,8-10H,3,6-7,28H2/t23-,24-/m0/s1. The Hall–Kier alpha value is -3.63. The van der Waals surface area contributed by atoms with Crippen LogP contribution in [0.3, 0.4) is 0 Å². The monoisotopic (exact) mass is 447 g/mol. The lowest BCUT2D eigenvalue weighted by Crippen LogP contribution is -2.52. The molecule has 0 spiro atoms. The van der Waals surface area contributed by atoms with E-state index in [2.05, 4.69) is 6.07 Å². The van der Waals surface area contributed by atoms with Crippen molar-refractivity contribution in [2.75, 3.05) is 4.90 Å². The van der Waals surface area contributed by atoms with Crippen molar-refractivity contribution >= 4 is 28.9 Å². The van der Waals surface area contributed by atoms with Crippen LogP contribution in [0.1, 0.15) is 35.2 Å². The molecule has 8 heteroatoms. The number of Topliss-reactive ketones (excluding diaryl/α,β-unsaturated/α-hetero) is 2. The van der Waals surface area contributed by atoms with Gasteiger partial charge in [0.05, 0.1) is 5.02 Å². The molecule has 2 N–H and O–H groups in total. The lowest BCUT2D eigenvalue weighted by atomic mass is 9.66. The molecule has 6 nitrogen and oxygen atoms in total. The summed E-state index contributed by atoms with van der Waals surface area (Å²) in [6.45, 7) is 0. The van der Waals surface area contributed by atoms with Gasteiger partial charge in [0.15, 0.2) is 17.0 Å². The van der Waals surface area contributed by atoms with Crippen molar-refractivity contribution in [3.8, 4) is 6.07 Å². The predicted molar refractivity (Wildman–Crippen MR) is 113 cm³/mol. The fourth-order valence-corrected chi connectivity index (χ4v) is 6.03. The molecule has 6 rings (SSSR count). The summed E-state index contributed by atoms with van der Waals surface area (Å²) in [5.41, 5.74) is 4.90. The van der Waals surface area contributed by atoms with Gasteiger partial charge in [-0.05, 0) is 31.0 Å². The molecular weight excluding hydrogens is 433 g/mol. The van der Waals surface area contributed by atoms with E-state index in [0.717, 1.165) is 0 Å². The van der Waals surface area contributed by atoms with Gasteiger partial charge in [-0.3, -0.25) is 9.59 Å². The van der Waals surface area contributed by atoms with Gasteiger partial charge in [0.1, 0.15) is 17.5 Å². The Bertz CT molecular complexity index is 1390. The molecule has 2 aromatic rings. The van der Waals surface area contributed by atoms with Gasteiger partial charge < -0.3 is 15.4 Å². The fourth-order valence-electron chi connectivity index (χ4n) is 5.85. The van der Waals surface area contributed by atoms with Crippen LogP contribution < -0.4 is 10.6 Å². The van der Waals surface area contributed by atoms with Crippen molar-refractivity contribution in [2.24, 2.45) is 11.1 Å². The van der Waals surface area contributed by atoms with Crippen LogP contribution in [0.25, 0.3) is 0 Å². The van der Waals surface area contributed by atoms with E-state index >= 15 is 0 Å². The first-order valence-corrected chi connectivity index (χ1v) is 10.5. The van der Waals surface area contributed by atoms with Crippen LogP contribution in [0.4, 0.5) is 10.1 Å². The first-order chi connectivity index (χ1) is 15.4. The zero-order chi connectivity index (χ0) is 22.4. The number of hydrogen-bond donors (Lipinski definition) is 1. The highest BCUT2D eigenvalue weighted by molar-refractivity contribution is 6.31. The van der Waals surface area contributed by atoms with Gasteiger partial charge >= 0.3 is 0 Å². The van der Waals surface area contributed by atoms with Crippen LogP contribution in [0.2, 0.25) is 5.02 Å². The first kappa shape index (κ1) is 19.1. The second-order valence-corrected chi connectivity index (χ2v) is 8.66. The summed E-state index contributed by atoms with van der Waals surface area (Å²) in [7, 11) is 0. The largest absolute Gasteiger partial charge is 0.446 e. The minimum atomic E-state index is -1.72. The highest BCUT2D eigenvalue weighted by Crippen LogP contribution is 2.72. The highest BCUT2D eigenvalue weighted by atomic mass is 35.5. The Kier molecular flexibility index (Phi) is 3.57. The number of allylic oxidation sites excluding steroid dienone is 1. The third-order valence-electron chi connectivity index (χ3n) is 6.88. The Morgan fingerprint density at radius 3 is 2.72 bits per heavy atom. The van der Waals surface area contributed by atoms with E-state index < -0.39 is 22.7 Å². The molecule has 2 aliphatic heterocycles. The van der Waals surface area contributed by atoms with Gasteiger partial charge in [0, 0.05) is 34.5 Å². The molecule has 0 aromatic heterocycles. The molecule has 2 heterocycles. The van der Waals surface area contributed by atoms with Gasteiger partial charge in [-0.25, -0.2) is 4.39 Å². The number of ketones is 2. The molecule has 32 heavy (non-hydrogen) atoms. The second-order valence-electron chi connectivity index (χ2n) is 8.25. The number of hydrogen-bond acceptors (Lipinski definition) is 6. The maximum atomic E-state index is 14.1. The Balaban J connectivity index is 1.79. The maximum Gasteiger partial charge on any atom is 0.238 e. The van der Waals surface area contributed by atoms with Crippen LogP contribution in [0.5, 0.6) is 0 Å². The zero-order valence-electron chi connectivity index (χ0n) is 16.6. The third-order valence-corrected chi connectivity index (χ3v) is 7.17. The Morgan fingerprint density at radius 2 is 1.97 bits per heavy atom. The summed E-state index contributed by atoms with van der Waals surface area (Å²) in [6, 6.07) is 13.1. The van der Waals surface area contributed by atoms with Gasteiger partial charge in [-0.1, -0.05) is 35.9 Å². The first-order valence-electron chi connectivity index (χ1n) is 10.2. The van der Waals surface area contributed by atoms with E-state index in [-0.39, 0.29) is 34.3 Å². The van der Waals surface area contributed by atoms with Crippen molar-refractivity contribution in [2.45, 2.75) is 25.0 Å². The molecular formula is C24H15ClFN3O3. The molecule has 2 aliphatic carbocycles. The predicted octanol–water partition coefficient (Wildman–Crippen LogP) is 4.07. The third kappa shape index (κ3) is 1.83. The second kappa shape index (κ2) is 5.99. The molecule has 0 unspecified atom stereocenters. The van der Waals surface area contributed by atoms with Gasteiger partial charge in [-0.15, -0.1) is 0 Å². The number of benzene rings is 2. The average Bonchev–Trinajstić information content (AvgIpc) is 3.27. The number of nitrogens with zero attached hydrogens (tertiary/aromatic N) is 2. The summed E-state index contributed by atoms with van der Waals surface area (Å²) < 4.78 is 20.3. The summed E-state index contributed by atoms with van der Waals surface area (Å²) in [5.74, 6) is -1.42. The van der Waals surface area contributed by atoms with Crippen molar-refractivity contribution < 1.29 is 18.7 Å². The van der Waals surface area contributed by atoms with Crippen LogP contribution in [-0.4, -0.2) is 11.6 Å². The molecule has 158 valence electrons. The molecule has 0 saturated carbocycles. The minimum Gasteiger partial charge on any atom is -0.446 e. The molecule has 0 bridgehead atoms. The Morgan fingerprint density at radius 1 is 1.19 bits per heavy atom. The molecule has 2 atom stereocenters. The van der Waals surface area contributed by atoms with Gasteiger partial charge in [-0.2, -0.15) is 5.26 Å². The van der Waals surface area contributed by atoms with E-state index in [1.165, 1.54) is 18.2 Å². The number of rotatable bonds is 1. The van der Waals surface area contributed by atoms with Crippen LogP contribution in [0.15, 0.2) is 65.2 Å². The lowest BCUT2D eigenvalue weighted by Gasteiger charge is -2.41. The fraction of sp³-hybridized carbons (Fsp3) is 0.208. The van der Waals surface area contributed by atoms with Crippen molar-refractivity contribution in [1.82, 2.24) is 0 Å². The molecule has 0 radical (unpaired) electrons. The molecule has 0 saturated heterocycles. The van der Waals surface area contributed by atoms with Crippen molar-refractivity contribution in [3.63, 3.8) is 0 Å². The number of ether oxygens (including phenoxy) is 1. The van der Waals surface area contributed by atoms with E-state index in [1.807, 2.05) is 0 Å². The van der Waals surface area contributed by atoms with E-state index in [1.54, 1.807) is 29.2 Å². The summed E-state index contributed by atoms with van der Waals surface area (Å²) in [5, 5.41) is 9.98. The van der Waals surface area contributed by atoms with Crippen LogP contribution in [-0.2, 0) is 15.3 Å². The molecule has 0 fully saturated rings. The minimum absolute atomic E-state index is 0.0721. The average molecular weight is 448 g/mol. The Labute approximate surface area is 187 Å². The molecule has 0 amide bonds. The van der Waals surface area contributed by atoms with Crippen LogP contribution in [0, 0.1) is 22.6 Å². The smallest absolute Gasteiger partial charge is 0.238 e. The van der Waals surface area contributed by atoms with E-state index in [0.29, 0.717) is 35.4 Å². The van der Waals surface area contributed by atoms with Crippen molar-refractivity contribution in [3.05, 3.63) is 87.2 Å². The topological polar surface area (TPSA) is 96.4 Å². The number of anilines is 1. The number of nitriles is 1. The lowest BCUT2D eigenvalue weighted by molar-refractivity contribution is -0.117. The summed E-state index contributed by atoms with van der Waals surface area (Å²) in [4.78, 5) is 29.2. The number of fused-ring (bicyclic) bond motifs is 1. The van der Waals surface area contributed by atoms with Crippen molar-refractivity contribution in [1.29, 1.82) is 5.26 Å². The summed E-state index contributed by atoms with van der Waals surface area (Å²) in [6.07, 6.45) is 1.31. The number of halogens is 2. The molecule has 2 aromatic carbocycles.